The number of aliphatic hydroxyl groups is 1. The monoisotopic (exact) mass is 250 g/mol. The van der Waals surface area contributed by atoms with E-state index in [0.717, 1.165) is 31.9 Å². The van der Waals surface area contributed by atoms with Gasteiger partial charge < -0.3 is 10.0 Å². The van der Waals surface area contributed by atoms with Crippen molar-refractivity contribution < 1.29 is 10.0 Å². The SMILES string of the molecule is C[C](O)N1CCN(c2ccc([N+](=O)[O-])cc2)CC1. The van der Waals surface area contributed by atoms with Gasteiger partial charge in [0.2, 0.25) is 0 Å². The lowest BCUT2D eigenvalue weighted by Gasteiger charge is -2.36. The molecule has 2 rings (SSSR count). The average Bonchev–Trinajstić information content (AvgIpc) is 2.39. The van der Waals surface area contributed by atoms with Crippen LogP contribution in [0.3, 0.4) is 0 Å². The number of rotatable bonds is 3. The molecule has 1 aromatic carbocycles. The first-order chi connectivity index (χ1) is 8.58. The molecule has 1 radical (unpaired) electrons. The van der Waals surface area contributed by atoms with Crippen molar-refractivity contribution in [3.8, 4) is 0 Å². The Morgan fingerprint density at radius 2 is 1.78 bits per heavy atom. The van der Waals surface area contributed by atoms with Gasteiger partial charge in [0, 0.05) is 44.0 Å². The van der Waals surface area contributed by atoms with Crippen LogP contribution in [0.2, 0.25) is 0 Å². The molecule has 1 heterocycles. The lowest BCUT2D eigenvalue weighted by Crippen LogP contribution is -2.47. The van der Waals surface area contributed by atoms with E-state index < -0.39 is 4.92 Å². The standard InChI is InChI=1S/C12H16N3O3/c1-10(16)13-6-8-14(9-7-13)11-2-4-12(5-3-11)15(17)18/h2-5,16H,6-9H2,1H3. The van der Waals surface area contributed by atoms with E-state index >= 15 is 0 Å². The average molecular weight is 250 g/mol. The summed E-state index contributed by atoms with van der Waals surface area (Å²) < 4.78 is 0. The third-order valence-corrected chi connectivity index (χ3v) is 3.16. The summed E-state index contributed by atoms with van der Waals surface area (Å²) >= 11 is 0. The zero-order valence-electron chi connectivity index (χ0n) is 10.2. The van der Waals surface area contributed by atoms with Gasteiger partial charge in [-0.05, 0) is 19.1 Å². The van der Waals surface area contributed by atoms with Crippen molar-refractivity contribution in [2.75, 3.05) is 31.1 Å². The highest BCUT2D eigenvalue weighted by Crippen LogP contribution is 2.21. The van der Waals surface area contributed by atoms with Gasteiger partial charge >= 0.3 is 0 Å². The Hall–Kier alpha value is -1.66. The van der Waals surface area contributed by atoms with Gasteiger partial charge in [0.25, 0.3) is 5.69 Å². The zero-order chi connectivity index (χ0) is 13.1. The number of nitro groups is 1. The molecule has 1 fully saturated rings. The lowest BCUT2D eigenvalue weighted by molar-refractivity contribution is -0.384. The van der Waals surface area contributed by atoms with Gasteiger partial charge in [-0.3, -0.25) is 15.0 Å². The summed E-state index contributed by atoms with van der Waals surface area (Å²) in [6.45, 7) is 4.81. The Bertz CT molecular complexity index is 411. The number of hydrogen-bond donors (Lipinski definition) is 1. The molecular formula is C12H16N3O3. The second-order valence-corrected chi connectivity index (χ2v) is 4.29. The molecule has 1 aliphatic heterocycles. The maximum absolute atomic E-state index is 10.6. The van der Waals surface area contributed by atoms with Gasteiger partial charge in [-0.25, -0.2) is 0 Å². The van der Waals surface area contributed by atoms with E-state index in [4.69, 9.17) is 0 Å². The fourth-order valence-corrected chi connectivity index (χ4v) is 2.07. The minimum Gasteiger partial charge on any atom is -0.371 e. The molecule has 1 aromatic rings. The Morgan fingerprint density at radius 1 is 1.22 bits per heavy atom. The first-order valence-electron chi connectivity index (χ1n) is 5.85. The quantitative estimate of drug-likeness (QED) is 0.651. The molecule has 1 N–H and O–H groups in total. The highest BCUT2D eigenvalue weighted by Gasteiger charge is 2.20. The fourth-order valence-electron chi connectivity index (χ4n) is 2.07. The van der Waals surface area contributed by atoms with Crippen molar-refractivity contribution in [3.63, 3.8) is 0 Å². The second-order valence-electron chi connectivity index (χ2n) is 4.29. The molecule has 0 spiro atoms. The largest absolute Gasteiger partial charge is 0.371 e. The van der Waals surface area contributed by atoms with E-state index in [1.165, 1.54) is 12.1 Å². The first kappa shape index (κ1) is 12.8. The van der Waals surface area contributed by atoms with E-state index in [1.54, 1.807) is 19.1 Å². The predicted octanol–water partition coefficient (Wildman–Crippen LogP) is 1.60. The third kappa shape index (κ3) is 2.77. The van der Waals surface area contributed by atoms with Crippen LogP contribution in [0.4, 0.5) is 11.4 Å². The molecule has 18 heavy (non-hydrogen) atoms. The van der Waals surface area contributed by atoms with Gasteiger partial charge in [-0.15, -0.1) is 0 Å². The van der Waals surface area contributed by atoms with Crippen LogP contribution in [0.1, 0.15) is 6.92 Å². The number of anilines is 1. The lowest BCUT2D eigenvalue weighted by atomic mass is 10.2. The maximum Gasteiger partial charge on any atom is 0.269 e. The van der Waals surface area contributed by atoms with Crippen LogP contribution in [0, 0.1) is 16.3 Å². The topological polar surface area (TPSA) is 69.8 Å². The summed E-state index contributed by atoms with van der Waals surface area (Å²) in [6, 6.07) is 6.57. The molecule has 1 aliphatic rings. The molecule has 6 heteroatoms. The maximum atomic E-state index is 10.6. The predicted molar refractivity (Wildman–Crippen MR) is 67.7 cm³/mol. The molecular weight excluding hydrogens is 234 g/mol. The van der Waals surface area contributed by atoms with Crippen molar-refractivity contribution in [1.82, 2.24) is 4.90 Å². The molecule has 0 unspecified atom stereocenters. The molecule has 1 saturated heterocycles. The Morgan fingerprint density at radius 3 is 2.22 bits per heavy atom. The van der Waals surface area contributed by atoms with Crippen molar-refractivity contribution in [2.24, 2.45) is 0 Å². The third-order valence-electron chi connectivity index (χ3n) is 3.16. The normalized spacial score (nSPS) is 17.2. The molecule has 0 amide bonds. The van der Waals surface area contributed by atoms with Gasteiger partial charge in [-0.1, -0.05) is 0 Å². The molecule has 0 saturated carbocycles. The number of hydrogen-bond acceptors (Lipinski definition) is 5. The van der Waals surface area contributed by atoms with Crippen molar-refractivity contribution in [2.45, 2.75) is 6.92 Å². The van der Waals surface area contributed by atoms with Crippen LogP contribution >= 0.6 is 0 Å². The second kappa shape index (κ2) is 5.32. The van der Waals surface area contributed by atoms with Gasteiger partial charge in [0.05, 0.1) is 4.92 Å². The van der Waals surface area contributed by atoms with Gasteiger partial charge in [0.1, 0.15) is 0 Å². The van der Waals surface area contributed by atoms with E-state index in [2.05, 4.69) is 4.90 Å². The number of aliphatic hydroxyl groups excluding tert-OH is 1. The Balaban J connectivity index is 1.99. The van der Waals surface area contributed by atoms with Crippen molar-refractivity contribution in [3.05, 3.63) is 40.6 Å². The van der Waals surface area contributed by atoms with Gasteiger partial charge in [0.15, 0.2) is 6.23 Å². The van der Waals surface area contributed by atoms with Crippen LogP contribution in [-0.4, -0.2) is 41.1 Å². The molecule has 6 nitrogen and oxygen atoms in total. The summed E-state index contributed by atoms with van der Waals surface area (Å²) in [7, 11) is 0. The Labute approximate surface area is 106 Å². The smallest absolute Gasteiger partial charge is 0.269 e. The van der Waals surface area contributed by atoms with E-state index in [1.807, 2.05) is 4.90 Å². The first-order valence-corrected chi connectivity index (χ1v) is 5.85. The molecule has 0 aliphatic carbocycles. The van der Waals surface area contributed by atoms with Crippen LogP contribution in [0.5, 0.6) is 0 Å². The minimum atomic E-state index is -0.397. The van der Waals surface area contributed by atoms with Crippen LogP contribution < -0.4 is 4.90 Å². The fraction of sp³-hybridized carbons (Fsp3) is 0.417. The summed E-state index contributed by atoms with van der Waals surface area (Å²) in [4.78, 5) is 14.2. The van der Waals surface area contributed by atoms with Gasteiger partial charge in [-0.2, -0.15) is 0 Å². The van der Waals surface area contributed by atoms with E-state index in [9.17, 15) is 15.2 Å². The molecule has 0 bridgehead atoms. The number of nitro benzene ring substituents is 1. The van der Waals surface area contributed by atoms with Crippen LogP contribution in [-0.2, 0) is 0 Å². The summed E-state index contributed by atoms with van der Waals surface area (Å²) in [5.74, 6) is 0. The highest BCUT2D eigenvalue weighted by molar-refractivity contribution is 5.51. The molecule has 0 atom stereocenters. The highest BCUT2D eigenvalue weighted by atomic mass is 16.6. The van der Waals surface area contributed by atoms with E-state index in [-0.39, 0.29) is 5.69 Å². The summed E-state index contributed by atoms with van der Waals surface area (Å²) in [6.07, 6.45) is 0.346. The number of piperazine rings is 1. The number of benzene rings is 1. The van der Waals surface area contributed by atoms with Crippen molar-refractivity contribution >= 4 is 11.4 Å². The summed E-state index contributed by atoms with van der Waals surface area (Å²) in [5, 5.41) is 19.9. The van der Waals surface area contributed by atoms with Crippen LogP contribution in [0.25, 0.3) is 0 Å². The summed E-state index contributed by atoms with van der Waals surface area (Å²) in [5.41, 5.74) is 1.09. The zero-order valence-corrected chi connectivity index (χ0v) is 10.2. The number of nitrogens with zero attached hydrogens (tertiary/aromatic N) is 3. The molecule has 97 valence electrons. The van der Waals surface area contributed by atoms with Crippen LogP contribution in [0.15, 0.2) is 24.3 Å². The Kier molecular flexibility index (Phi) is 3.78. The van der Waals surface area contributed by atoms with E-state index in [0.29, 0.717) is 6.23 Å². The minimum absolute atomic E-state index is 0.108. The number of non-ortho nitro benzene ring substituents is 1. The molecule has 0 aromatic heterocycles. The van der Waals surface area contributed by atoms with Crippen molar-refractivity contribution in [1.29, 1.82) is 0 Å².